The Morgan fingerprint density at radius 3 is 2.00 bits per heavy atom. The van der Waals surface area contributed by atoms with Crippen molar-refractivity contribution >= 4 is 22.6 Å². The largest absolute Gasteiger partial charge is 0.327 e. The monoisotopic (exact) mass is 335 g/mol. The van der Waals surface area contributed by atoms with Gasteiger partial charge in [0.25, 0.3) is 0 Å². The van der Waals surface area contributed by atoms with Gasteiger partial charge in [-0.05, 0) is 62.2 Å². The van der Waals surface area contributed by atoms with Gasteiger partial charge < -0.3 is 5.73 Å². The van der Waals surface area contributed by atoms with Crippen LogP contribution in [0.2, 0.25) is 0 Å². The van der Waals surface area contributed by atoms with Crippen molar-refractivity contribution in [1.82, 2.24) is 0 Å². The second kappa shape index (κ2) is 5.55. The minimum atomic E-state index is 0.481. The normalized spacial score (nSPS) is 50.2. The van der Waals surface area contributed by atoms with Crippen LogP contribution in [0.1, 0.15) is 52.4 Å². The van der Waals surface area contributed by atoms with E-state index >= 15 is 0 Å². The fourth-order valence-electron chi connectivity index (χ4n) is 3.72. The molecule has 2 heteroatoms. The van der Waals surface area contributed by atoms with Crippen LogP contribution in [0.15, 0.2) is 0 Å². The number of hydrogen-bond donors (Lipinski definition) is 1. The molecule has 6 atom stereocenters. The third-order valence-electron chi connectivity index (χ3n) is 5.05. The molecular formula is C14H26IN. The summed E-state index contributed by atoms with van der Waals surface area (Å²) in [5.41, 5.74) is 6.12. The van der Waals surface area contributed by atoms with Gasteiger partial charge in [-0.15, -0.1) is 0 Å². The summed E-state index contributed by atoms with van der Waals surface area (Å²) in [5.74, 6) is 3.69. The molecule has 2 saturated carbocycles. The average Bonchev–Trinajstić information content (AvgIpc) is 2.26. The highest BCUT2D eigenvalue weighted by atomic mass is 127. The molecule has 0 spiro atoms. The van der Waals surface area contributed by atoms with Crippen LogP contribution >= 0.6 is 22.6 Å². The first-order chi connectivity index (χ1) is 7.58. The SMILES string of the molecule is CC1CC(C2CCC(I)C(C)C2)CCC1N. The summed E-state index contributed by atoms with van der Waals surface area (Å²) in [6, 6.07) is 0.481. The predicted octanol–water partition coefficient (Wildman–Crippen LogP) is 3.99. The first-order valence-electron chi connectivity index (χ1n) is 6.97. The van der Waals surface area contributed by atoms with Crippen LogP contribution in [0.4, 0.5) is 0 Å². The van der Waals surface area contributed by atoms with Crippen LogP contribution in [0, 0.1) is 23.7 Å². The van der Waals surface area contributed by atoms with Crippen molar-refractivity contribution in [2.24, 2.45) is 29.4 Å². The Bertz CT molecular complexity index is 207. The van der Waals surface area contributed by atoms with E-state index in [0.29, 0.717) is 6.04 Å². The fraction of sp³-hybridized carbons (Fsp3) is 1.00. The second-order valence-electron chi connectivity index (χ2n) is 6.28. The van der Waals surface area contributed by atoms with Crippen molar-refractivity contribution in [3.05, 3.63) is 0 Å². The highest BCUT2D eigenvalue weighted by Gasteiger charge is 2.34. The predicted molar refractivity (Wildman–Crippen MR) is 78.8 cm³/mol. The van der Waals surface area contributed by atoms with Gasteiger partial charge in [-0.3, -0.25) is 0 Å². The van der Waals surface area contributed by atoms with E-state index in [9.17, 15) is 0 Å². The number of halogens is 1. The summed E-state index contributed by atoms with van der Waals surface area (Å²) in [4.78, 5) is 0. The lowest BCUT2D eigenvalue weighted by Crippen LogP contribution is -2.38. The van der Waals surface area contributed by atoms with E-state index in [1.165, 1.54) is 38.5 Å². The van der Waals surface area contributed by atoms with Crippen LogP contribution in [-0.2, 0) is 0 Å². The molecule has 16 heavy (non-hydrogen) atoms. The molecule has 0 aliphatic heterocycles. The van der Waals surface area contributed by atoms with Crippen LogP contribution in [0.25, 0.3) is 0 Å². The molecule has 0 amide bonds. The average molecular weight is 335 g/mol. The maximum Gasteiger partial charge on any atom is 0.0135 e. The molecule has 1 nitrogen and oxygen atoms in total. The van der Waals surface area contributed by atoms with E-state index in [-0.39, 0.29) is 0 Å². The quantitative estimate of drug-likeness (QED) is 0.569. The first kappa shape index (κ1) is 13.1. The summed E-state index contributed by atoms with van der Waals surface area (Å²) >= 11 is 2.65. The topological polar surface area (TPSA) is 26.0 Å². The standard InChI is InChI=1S/C14H26IN/c1-9-7-11(3-5-13(9)15)12-4-6-14(16)10(2)8-12/h9-14H,3-8,16H2,1-2H3. The summed E-state index contributed by atoms with van der Waals surface area (Å²) in [5, 5.41) is 0. The zero-order valence-corrected chi connectivity index (χ0v) is 12.8. The molecule has 2 aliphatic carbocycles. The summed E-state index contributed by atoms with van der Waals surface area (Å²) in [6.45, 7) is 4.80. The summed E-state index contributed by atoms with van der Waals surface area (Å²) < 4.78 is 0.928. The maximum absolute atomic E-state index is 6.12. The van der Waals surface area contributed by atoms with Gasteiger partial charge in [0, 0.05) is 9.97 Å². The van der Waals surface area contributed by atoms with E-state index in [4.69, 9.17) is 5.73 Å². The van der Waals surface area contributed by atoms with Gasteiger partial charge in [-0.25, -0.2) is 0 Å². The van der Waals surface area contributed by atoms with E-state index in [2.05, 4.69) is 36.4 Å². The lowest BCUT2D eigenvalue weighted by atomic mass is 9.68. The molecule has 0 aromatic carbocycles. The van der Waals surface area contributed by atoms with Gasteiger partial charge in [0.2, 0.25) is 0 Å². The molecule has 0 radical (unpaired) electrons. The smallest absolute Gasteiger partial charge is 0.0135 e. The Labute approximate surface area is 114 Å². The van der Waals surface area contributed by atoms with Gasteiger partial charge >= 0.3 is 0 Å². The molecular weight excluding hydrogens is 309 g/mol. The molecule has 0 aromatic heterocycles. The minimum Gasteiger partial charge on any atom is -0.327 e. The van der Waals surface area contributed by atoms with Crippen molar-refractivity contribution in [3.8, 4) is 0 Å². The van der Waals surface area contributed by atoms with Gasteiger partial charge in [0.1, 0.15) is 0 Å². The van der Waals surface area contributed by atoms with E-state index < -0.39 is 0 Å². The minimum absolute atomic E-state index is 0.481. The van der Waals surface area contributed by atoms with Crippen LogP contribution in [0.3, 0.4) is 0 Å². The van der Waals surface area contributed by atoms with Crippen LogP contribution in [0.5, 0.6) is 0 Å². The highest BCUT2D eigenvalue weighted by Crippen LogP contribution is 2.43. The van der Waals surface area contributed by atoms with Crippen LogP contribution < -0.4 is 5.73 Å². The molecule has 0 bridgehead atoms. The van der Waals surface area contributed by atoms with Crippen molar-refractivity contribution < 1.29 is 0 Å². The van der Waals surface area contributed by atoms with Crippen molar-refractivity contribution in [2.45, 2.75) is 62.3 Å². The lowest BCUT2D eigenvalue weighted by Gasteiger charge is -2.41. The molecule has 2 aliphatic rings. The fourth-order valence-corrected chi connectivity index (χ4v) is 4.37. The molecule has 2 N–H and O–H groups in total. The molecule has 0 aromatic rings. The first-order valence-corrected chi connectivity index (χ1v) is 8.22. The lowest BCUT2D eigenvalue weighted by molar-refractivity contribution is 0.137. The molecule has 2 rings (SSSR count). The van der Waals surface area contributed by atoms with E-state index in [0.717, 1.165) is 27.6 Å². The summed E-state index contributed by atoms with van der Waals surface area (Å²) in [6.07, 6.45) is 8.46. The zero-order valence-electron chi connectivity index (χ0n) is 10.7. The second-order valence-corrected chi connectivity index (χ2v) is 7.88. The van der Waals surface area contributed by atoms with Crippen molar-refractivity contribution in [1.29, 1.82) is 0 Å². The Hall–Kier alpha value is 0.690. The third kappa shape index (κ3) is 2.92. The number of hydrogen-bond acceptors (Lipinski definition) is 1. The number of alkyl halides is 1. The van der Waals surface area contributed by atoms with Crippen molar-refractivity contribution in [2.75, 3.05) is 0 Å². The van der Waals surface area contributed by atoms with Gasteiger partial charge in [0.15, 0.2) is 0 Å². The Kier molecular flexibility index (Phi) is 4.56. The number of nitrogens with two attached hydrogens (primary N) is 1. The Morgan fingerprint density at radius 2 is 1.44 bits per heavy atom. The summed E-state index contributed by atoms with van der Waals surface area (Å²) in [7, 11) is 0. The van der Waals surface area contributed by atoms with Crippen molar-refractivity contribution in [3.63, 3.8) is 0 Å². The van der Waals surface area contributed by atoms with Gasteiger partial charge in [0.05, 0.1) is 0 Å². The number of rotatable bonds is 1. The van der Waals surface area contributed by atoms with E-state index in [1.807, 2.05) is 0 Å². The van der Waals surface area contributed by atoms with Gasteiger partial charge in [-0.1, -0.05) is 36.4 Å². The Balaban J connectivity index is 1.88. The molecule has 6 unspecified atom stereocenters. The molecule has 2 fully saturated rings. The zero-order chi connectivity index (χ0) is 11.7. The highest BCUT2D eigenvalue weighted by molar-refractivity contribution is 14.1. The molecule has 0 heterocycles. The van der Waals surface area contributed by atoms with Crippen LogP contribution in [-0.4, -0.2) is 9.97 Å². The molecule has 0 saturated heterocycles. The Morgan fingerprint density at radius 1 is 0.875 bits per heavy atom. The van der Waals surface area contributed by atoms with Gasteiger partial charge in [-0.2, -0.15) is 0 Å². The maximum atomic E-state index is 6.12. The third-order valence-corrected chi connectivity index (χ3v) is 6.90. The molecule has 94 valence electrons. The van der Waals surface area contributed by atoms with E-state index in [1.54, 1.807) is 0 Å².